The summed E-state index contributed by atoms with van der Waals surface area (Å²) in [4.78, 5) is 18.1. The van der Waals surface area contributed by atoms with Crippen LogP contribution in [0.15, 0.2) is 79.6 Å². The average molecular weight is 708 g/mol. The van der Waals surface area contributed by atoms with Gasteiger partial charge in [-0.25, -0.2) is 0 Å². The maximum atomic E-state index is 11.5. The predicted octanol–water partition coefficient (Wildman–Crippen LogP) is 7.31. The van der Waals surface area contributed by atoms with Gasteiger partial charge in [-0.15, -0.1) is 0 Å². The SMILES string of the molecule is C=CC(=O)NCCNCc1cc(Cl)c(OCc2cccc(-c3cccc(OCCCN4CCCC4)c3C)c2C)cc1OCc1cncc(C#N)c1. The minimum atomic E-state index is -0.226. The van der Waals surface area contributed by atoms with Crippen molar-refractivity contribution < 1.29 is 19.0 Å². The Morgan fingerprint density at radius 3 is 2.49 bits per heavy atom. The molecule has 1 fully saturated rings. The Morgan fingerprint density at radius 2 is 1.71 bits per heavy atom. The highest BCUT2D eigenvalue weighted by molar-refractivity contribution is 6.32. The van der Waals surface area contributed by atoms with Crippen molar-refractivity contribution in [3.63, 3.8) is 0 Å². The van der Waals surface area contributed by atoms with Crippen LogP contribution in [0.5, 0.6) is 17.2 Å². The van der Waals surface area contributed by atoms with Crippen LogP contribution < -0.4 is 24.8 Å². The molecule has 0 unspecified atom stereocenters. The standard InChI is InChI=1S/C41H46ClN5O4/c1-4-41(48)46-15-14-44-26-34-21-37(42)40(22-39(34)50-27-32-20-31(23-43)24-45-25-32)51-28-33-10-7-11-35(29(33)2)36-12-8-13-38(30(36)3)49-19-9-18-47-16-5-6-17-47/h4,7-8,10-13,20-22,24-25,44H,1,5-6,9,14-19,26-28H2,2-3H3,(H,46,48). The number of rotatable bonds is 18. The first-order chi connectivity index (χ1) is 24.9. The van der Waals surface area contributed by atoms with Gasteiger partial charge in [-0.3, -0.25) is 9.78 Å². The molecule has 0 aliphatic carbocycles. The molecular formula is C41H46ClN5O4. The van der Waals surface area contributed by atoms with Gasteiger partial charge in [0.05, 0.1) is 17.2 Å². The smallest absolute Gasteiger partial charge is 0.243 e. The molecule has 3 aromatic carbocycles. The minimum absolute atomic E-state index is 0.202. The Hall–Kier alpha value is -4.88. The maximum absolute atomic E-state index is 11.5. The average Bonchev–Trinajstić information content (AvgIpc) is 3.67. The fourth-order valence-electron chi connectivity index (χ4n) is 6.14. The van der Waals surface area contributed by atoms with Gasteiger partial charge < -0.3 is 29.7 Å². The van der Waals surface area contributed by atoms with E-state index >= 15 is 0 Å². The molecule has 2 N–H and O–H groups in total. The van der Waals surface area contributed by atoms with Gasteiger partial charge >= 0.3 is 0 Å². The number of amides is 1. The molecule has 10 heteroatoms. The summed E-state index contributed by atoms with van der Waals surface area (Å²) >= 11 is 6.78. The molecule has 1 aromatic heterocycles. The third kappa shape index (κ3) is 10.6. The number of carbonyl (C=O) groups excluding carboxylic acids is 1. The summed E-state index contributed by atoms with van der Waals surface area (Å²) in [6.45, 7) is 13.8. The third-order valence-electron chi connectivity index (χ3n) is 9.01. The van der Waals surface area contributed by atoms with Crippen molar-refractivity contribution in [2.75, 3.05) is 39.3 Å². The van der Waals surface area contributed by atoms with E-state index in [4.69, 9.17) is 25.8 Å². The summed E-state index contributed by atoms with van der Waals surface area (Å²) in [5, 5.41) is 15.8. The molecule has 1 amide bonds. The van der Waals surface area contributed by atoms with Gasteiger partial charge in [0.25, 0.3) is 0 Å². The van der Waals surface area contributed by atoms with Gasteiger partial charge in [-0.2, -0.15) is 5.26 Å². The van der Waals surface area contributed by atoms with E-state index < -0.39 is 0 Å². The van der Waals surface area contributed by atoms with E-state index in [1.54, 1.807) is 18.3 Å². The summed E-state index contributed by atoms with van der Waals surface area (Å²) in [5.74, 6) is 1.76. The van der Waals surface area contributed by atoms with Gasteiger partial charge in [-0.05, 0) is 98.3 Å². The molecule has 0 radical (unpaired) electrons. The van der Waals surface area contributed by atoms with Crippen LogP contribution >= 0.6 is 11.6 Å². The predicted molar refractivity (Wildman–Crippen MR) is 201 cm³/mol. The number of carbonyl (C=O) groups is 1. The van der Waals surface area contributed by atoms with Crippen LogP contribution in [0.1, 0.15) is 52.6 Å². The first-order valence-electron chi connectivity index (χ1n) is 17.4. The van der Waals surface area contributed by atoms with Crippen LogP contribution in [0.25, 0.3) is 11.1 Å². The van der Waals surface area contributed by atoms with Gasteiger partial charge in [0, 0.05) is 55.8 Å². The lowest BCUT2D eigenvalue weighted by Crippen LogP contribution is -2.30. The van der Waals surface area contributed by atoms with Crippen LogP contribution in [-0.4, -0.2) is 55.1 Å². The third-order valence-corrected chi connectivity index (χ3v) is 9.31. The van der Waals surface area contributed by atoms with E-state index in [0.717, 1.165) is 57.7 Å². The Labute approximate surface area is 306 Å². The van der Waals surface area contributed by atoms with Gasteiger partial charge in [0.1, 0.15) is 36.5 Å². The summed E-state index contributed by atoms with van der Waals surface area (Å²) in [6, 6.07) is 20.0. The molecule has 0 atom stereocenters. The van der Waals surface area contributed by atoms with E-state index in [0.29, 0.717) is 54.9 Å². The molecule has 5 rings (SSSR count). The van der Waals surface area contributed by atoms with Crippen molar-refractivity contribution in [1.29, 1.82) is 5.26 Å². The van der Waals surface area contributed by atoms with E-state index in [1.807, 2.05) is 6.07 Å². The van der Waals surface area contributed by atoms with Crippen molar-refractivity contribution in [3.05, 3.63) is 118 Å². The topological polar surface area (TPSA) is 109 Å². The van der Waals surface area contributed by atoms with Crippen molar-refractivity contribution in [2.24, 2.45) is 0 Å². The summed E-state index contributed by atoms with van der Waals surface area (Å²) in [7, 11) is 0. The largest absolute Gasteiger partial charge is 0.493 e. The van der Waals surface area contributed by atoms with Crippen LogP contribution in [0, 0.1) is 25.2 Å². The normalized spacial score (nSPS) is 12.7. The van der Waals surface area contributed by atoms with Gasteiger partial charge in [0.15, 0.2) is 0 Å². The second kappa shape index (κ2) is 18.9. The highest BCUT2D eigenvalue weighted by atomic mass is 35.5. The van der Waals surface area contributed by atoms with Gasteiger partial charge in [0.2, 0.25) is 5.91 Å². The highest BCUT2D eigenvalue weighted by Crippen LogP contribution is 2.36. The summed E-state index contributed by atoms with van der Waals surface area (Å²) in [6.07, 6.45) is 8.05. The van der Waals surface area contributed by atoms with E-state index in [1.165, 1.54) is 38.2 Å². The summed E-state index contributed by atoms with van der Waals surface area (Å²) in [5.41, 5.74) is 7.58. The van der Waals surface area contributed by atoms with Crippen molar-refractivity contribution in [1.82, 2.24) is 20.5 Å². The van der Waals surface area contributed by atoms with Crippen LogP contribution in [0.3, 0.4) is 0 Å². The molecule has 0 bridgehead atoms. The minimum Gasteiger partial charge on any atom is -0.493 e. The molecule has 9 nitrogen and oxygen atoms in total. The van der Waals surface area contributed by atoms with Gasteiger partial charge in [-0.1, -0.05) is 48.5 Å². The Kier molecular flexibility index (Phi) is 13.9. The van der Waals surface area contributed by atoms with E-state index in [9.17, 15) is 10.1 Å². The fourth-order valence-corrected chi connectivity index (χ4v) is 6.38. The van der Waals surface area contributed by atoms with E-state index in [2.05, 4.69) is 83.4 Å². The number of nitrogens with one attached hydrogen (secondary N) is 2. The molecule has 1 saturated heterocycles. The number of likely N-dealkylation sites (tertiary alicyclic amines) is 1. The summed E-state index contributed by atoms with van der Waals surface area (Å²) < 4.78 is 18.9. The van der Waals surface area contributed by atoms with Crippen molar-refractivity contribution in [3.8, 4) is 34.4 Å². The number of ether oxygens (including phenoxy) is 3. The second-order valence-corrected chi connectivity index (χ2v) is 13.0. The zero-order valence-electron chi connectivity index (χ0n) is 29.5. The highest BCUT2D eigenvalue weighted by Gasteiger charge is 2.16. The number of hydrogen-bond donors (Lipinski definition) is 2. The number of benzene rings is 3. The molecule has 4 aromatic rings. The molecular weight excluding hydrogens is 662 g/mol. The first-order valence-corrected chi connectivity index (χ1v) is 17.8. The van der Waals surface area contributed by atoms with Crippen LogP contribution in [0.4, 0.5) is 0 Å². The lowest BCUT2D eigenvalue weighted by molar-refractivity contribution is -0.116. The van der Waals surface area contributed by atoms with Crippen molar-refractivity contribution >= 4 is 17.5 Å². The fraction of sp³-hybridized carbons (Fsp3) is 0.341. The Morgan fingerprint density at radius 1 is 0.941 bits per heavy atom. The molecule has 266 valence electrons. The van der Waals surface area contributed by atoms with Crippen LogP contribution in [-0.2, 0) is 24.6 Å². The molecule has 1 aliphatic rings. The van der Waals surface area contributed by atoms with E-state index in [-0.39, 0.29) is 12.5 Å². The number of pyridine rings is 1. The zero-order chi connectivity index (χ0) is 36.0. The van der Waals surface area contributed by atoms with Crippen LogP contribution in [0.2, 0.25) is 5.02 Å². The maximum Gasteiger partial charge on any atom is 0.243 e. The lowest BCUT2D eigenvalue weighted by atomic mass is 9.93. The quantitative estimate of drug-likeness (QED) is 0.0819. The Balaban J connectivity index is 1.28. The first kappa shape index (κ1) is 37.4. The zero-order valence-corrected chi connectivity index (χ0v) is 30.2. The second-order valence-electron chi connectivity index (χ2n) is 12.6. The monoisotopic (exact) mass is 707 g/mol. The number of nitrogens with zero attached hydrogens (tertiary/aromatic N) is 3. The number of halogens is 1. The number of hydrogen-bond acceptors (Lipinski definition) is 8. The number of aromatic nitrogens is 1. The number of nitriles is 1. The lowest BCUT2D eigenvalue weighted by Gasteiger charge is -2.19. The molecule has 51 heavy (non-hydrogen) atoms. The van der Waals surface area contributed by atoms with Crippen molar-refractivity contribution in [2.45, 2.75) is 52.9 Å². The molecule has 2 heterocycles. The Bertz CT molecular complexity index is 1850. The molecule has 1 aliphatic heterocycles. The molecule has 0 spiro atoms. The molecule has 0 saturated carbocycles.